The van der Waals surface area contributed by atoms with Crippen molar-refractivity contribution in [3.05, 3.63) is 0 Å². The van der Waals surface area contributed by atoms with E-state index in [1.165, 1.54) is 6.42 Å². The summed E-state index contributed by atoms with van der Waals surface area (Å²) in [6.07, 6.45) is 2.38. The lowest BCUT2D eigenvalue weighted by atomic mass is 9.59. The topological polar surface area (TPSA) is 32.8 Å². The summed E-state index contributed by atoms with van der Waals surface area (Å²) in [4.78, 5) is 0. The van der Waals surface area contributed by atoms with Crippen molar-refractivity contribution in [1.82, 2.24) is 0 Å². The maximum atomic E-state index is 9.44. The van der Waals surface area contributed by atoms with Gasteiger partial charge in [-0.1, -0.05) is 20.8 Å². The van der Waals surface area contributed by atoms with Crippen LogP contribution < -0.4 is 0 Å². The molecule has 0 amide bonds. The average molecular weight is 184 g/mol. The van der Waals surface area contributed by atoms with Gasteiger partial charge in [0.05, 0.1) is 12.2 Å². The van der Waals surface area contributed by atoms with Gasteiger partial charge in [-0.25, -0.2) is 0 Å². The summed E-state index contributed by atoms with van der Waals surface area (Å²) in [6, 6.07) is 0. The van der Waals surface area contributed by atoms with Crippen LogP contribution in [-0.2, 0) is 4.74 Å². The molecule has 1 aliphatic heterocycles. The van der Waals surface area contributed by atoms with Crippen LogP contribution in [0.3, 0.4) is 0 Å². The Kier molecular flexibility index (Phi) is 1.97. The van der Waals surface area contributed by atoms with Crippen LogP contribution in [0.15, 0.2) is 0 Å². The van der Waals surface area contributed by atoms with Gasteiger partial charge in [0.2, 0.25) is 0 Å². The van der Waals surface area contributed by atoms with Crippen molar-refractivity contribution in [2.75, 3.05) is 13.2 Å². The van der Waals surface area contributed by atoms with Crippen LogP contribution in [0.1, 0.15) is 33.6 Å². The molecule has 2 nitrogen and oxygen atoms in total. The zero-order valence-electron chi connectivity index (χ0n) is 8.84. The van der Waals surface area contributed by atoms with Gasteiger partial charge in [-0.05, 0) is 24.2 Å². The van der Waals surface area contributed by atoms with Gasteiger partial charge in [0.15, 0.2) is 0 Å². The van der Waals surface area contributed by atoms with Crippen LogP contribution in [0, 0.1) is 17.3 Å². The van der Waals surface area contributed by atoms with Crippen molar-refractivity contribution in [3.8, 4) is 0 Å². The zero-order valence-corrected chi connectivity index (χ0v) is 8.84. The predicted molar refractivity (Wildman–Crippen MR) is 51.4 cm³/mol. The highest BCUT2D eigenvalue weighted by molar-refractivity contribution is 5.07. The summed E-state index contributed by atoms with van der Waals surface area (Å²) >= 11 is 0. The molecule has 1 N–H and O–H groups in total. The molecule has 2 fully saturated rings. The SMILES string of the molecule is CC1CCC2(CO2)C(CO)C1(C)C. The van der Waals surface area contributed by atoms with Crippen molar-refractivity contribution >= 4 is 0 Å². The summed E-state index contributed by atoms with van der Waals surface area (Å²) in [5.41, 5.74) is 0.286. The first-order chi connectivity index (χ1) is 6.03. The molecule has 0 aromatic carbocycles. The summed E-state index contributed by atoms with van der Waals surface area (Å²) in [5, 5.41) is 9.44. The third-order valence-electron chi connectivity index (χ3n) is 4.50. The Balaban J connectivity index is 2.22. The molecule has 0 radical (unpaired) electrons. The van der Waals surface area contributed by atoms with E-state index in [4.69, 9.17) is 4.74 Å². The van der Waals surface area contributed by atoms with Crippen LogP contribution in [-0.4, -0.2) is 23.9 Å². The Morgan fingerprint density at radius 3 is 2.54 bits per heavy atom. The van der Waals surface area contributed by atoms with E-state index in [-0.39, 0.29) is 17.6 Å². The number of rotatable bonds is 1. The van der Waals surface area contributed by atoms with E-state index >= 15 is 0 Å². The van der Waals surface area contributed by atoms with Crippen LogP contribution in [0.2, 0.25) is 0 Å². The molecule has 2 heteroatoms. The fourth-order valence-electron chi connectivity index (χ4n) is 2.87. The second kappa shape index (κ2) is 2.71. The van der Waals surface area contributed by atoms with Gasteiger partial charge < -0.3 is 9.84 Å². The molecule has 3 unspecified atom stereocenters. The third-order valence-corrected chi connectivity index (χ3v) is 4.50. The summed E-state index contributed by atoms with van der Waals surface area (Å²) in [7, 11) is 0. The number of aliphatic hydroxyl groups is 1. The fraction of sp³-hybridized carbons (Fsp3) is 1.00. The molecule has 1 aliphatic carbocycles. The maximum absolute atomic E-state index is 9.44. The van der Waals surface area contributed by atoms with Crippen LogP contribution in [0.5, 0.6) is 0 Å². The highest BCUT2D eigenvalue weighted by Crippen LogP contribution is 2.56. The molecule has 1 spiro atoms. The fourth-order valence-corrected chi connectivity index (χ4v) is 2.87. The molecule has 1 saturated carbocycles. The van der Waals surface area contributed by atoms with Crippen LogP contribution in [0.4, 0.5) is 0 Å². The van der Waals surface area contributed by atoms with Crippen LogP contribution >= 0.6 is 0 Å². The lowest BCUT2D eigenvalue weighted by Gasteiger charge is -2.46. The molecule has 1 saturated heterocycles. The van der Waals surface area contributed by atoms with Crippen molar-refractivity contribution in [1.29, 1.82) is 0 Å². The minimum absolute atomic E-state index is 0.0603. The Labute approximate surface area is 80.3 Å². The van der Waals surface area contributed by atoms with Gasteiger partial charge in [-0.3, -0.25) is 0 Å². The molecule has 0 aromatic rings. The van der Waals surface area contributed by atoms with Crippen molar-refractivity contribution in [2.24, 2.45) is 17.3 Å². The Morgan fingerprint density at radius 1 is 1.46 bits per heavy atom. The van der Waals surface area contributed by atoms with Gasteiger partial charge >= 0.3 is 0 Å². The van der Waals surface area contributed by atoms with Gasteiger partial charge in [-0.2, -0.15) is 0 Å². The quantitative estimate of drug-likeness (QED) is 0.630. The van der Waals surface area contributed by atoms with E-state index < -0.39 is 0 Å². The number of hydrogen-bond donors (Lipinski definition) is 1. The first-order valence-electron chi connectivity index (χ1n) is 5.28. The molecule has 76 valence electrons. The van der Waals surface area contributed by atoms with E-state index in [1.54, 1.807) is 0 Å². The minimum Gasteiger partial charge on any atom is -0.396 e. The number of hydrogen-bond acceptors (Lipinski definition) is 2. The Bertz CT molecular complexity index is 206. The smallest absolute Gasteiger partial charge is 0.0971 e. The maximum Gasteiger partial charge on any atom is 0.0971 e. The van der Waals surface area contributed by atoms with Crippen molar-refractivity contribution < 1.29 is 9.84 Å². The first-order valence-corrected chi connectivity index (χ1v) is 5.28. The Morgan fingerprint density at radius 2 is 2.08 bits per heavy atom. The van der Waals surface area contributed by atoms with Gasteiger partial charge in [0, 0.05) is 12.5 Å². The van der Waals surface area contributed by atoms with Gasteiger partial charge in [-0.15, -0.1) is 0 Å². The molecule has 3 atom stereocenters. The molecular weight excluding hydrogens is 164 g/mol. The molecule has 13 heavy (non-hydrogen) atoms. The van der Waals surface area contributed by atoms with E-state index in [0.29, 0.717) is 11.8 Å². The van der Waals surface area contributed by atoms with E-state index in [2.05, 4.69) is 20.8 Å². The average Bonchev–Trinajstić information content (AvgIpc) is 2.80. The lowest BCUT2D eigenvalue weighted by Crippen LogP contribution is -2.47. The molecule has 0 bridgehead atoms. The Hall–Kier alpha value is -0.0800. The molecular formula is C11H20O2. The molecule has 0 aromatic heterocycles. The second-order valence-electron chi connectivity index (χ2n) is 5.35. The zero-order chi connectivity index (χ0) is 9.69. The highest BCUT2D eigenvalue weighted by Gasteiger charge is 2.59. The van der Waals surface area contributed by atoms with Crippen molar-refractivity contribution in [3.63, 3.8) is 0 Å². The number of ether oxygens (including phenoxy) is 1. The predicted octanol–water partition coefficient (Wildman–Crippen LogP) is 1.82. The van der Waals surface area contributed by atoms with E-state index in [9.17, 15) is 5.11 Å². The monoisotopic (exact) mass is 184 g/mol. The third kappa shape index (κ3) is 1.23. The number of aliphatic hydroxyl groups excluding tert-OH is 1. The highest BCUT2D eigenvalue weighted by atomic mass is 16.6. The minimum atomic E-state index is 0.0603. The largest absolute Gasteiger partial charge is 0.396 e. The summed E-state index contributed by atoms with van der Waals surface area (Å²) in [6.45, 7) is 7.96. The van der Waals surface area contributed by atoms with Crippen molar-refractivity contribution in [2.45, 2.75) is 39.2 Å². The van der Waals surface area contributed by atoms with E-state index in [1.807, 2.05) is 0 Å². The molecule has 1 heterocycles. The molecule has 2 aliphatic rings. The normalized spacial score (nSPS) is 48.0. The van der Waals surface area contributed by atoms with Gasteiger partial charge in [0.25, 0.3) is 0 Å². The lowest BCUT2D eigenvalue weighted by molar-refractivity contribution is -0.0318. The first kappa shape index (κ1) is 9.47. The van der Waals surface area contributed by atoms with E-state index in [0.717, 1.165) is 13.0 Å². The van der Waals surface area contributed by atoms with Gasteiger partial charge in [0.1, 0.15) is 0 Å². The summed E-state index contributed by atoms with van der Waals surface area (Å²) in [5.74, 6) is 1.03. The van der Waals surface area contributed by atoms with Crippen LogP contribution in [0.25, 0.3) is 0 Å². The molecule has 2 rings (SSSR count). The standard InChI is InChI=1S/C11H20O2/c1-8-4-5-11(7-13-11)9(6-12)10(8,2)3/h8-9,12H,4-7H2,1-3H3. The number of epoxide rings is 1. The second-order valence-corrected chi connectivity index (χ2v) is 5.35. The summed E-state index contributed by atoms with van der Waals surface area (Å²) < 4.78 is 5.56.